The third-order valence-corrected chi connectivity index (χ3v) is 5.84. The van der Waals surface area contributed by atoms with Gasteiger partial charge in [0.2, 0.25) is 0 Å². The van der Waals surface area contributed by atoms with E-state index in [1.54, 1.807) is 13.0 Å². The van der Waals surface area contributed by atoms with Gasteiger partial charge in [0.15, 0.2) is 5.70 Å². The van der Waals surface area contributed by atoms with Crippen LogP contribution in [0.25, 0.3) is 11.1 Å². The zero-order valence-electron chi connectivity index (χ0n) is 21.6. The summed E-state index contributed by atoms with van der Waals surface area (Å²) in [5.41, 5.74) is 8.39. The topological polar surface area (TPSA) is 93.9 Å². The number of unbranched alkanes of at least 4 members (excludes halogenated alkanes) is 1. The fraction of sp³-hybridized carbons (Fsp3) is 0.429. The number of ether oxygens (including phenoxy) is 2. The molecular formula is C28H37N3O4. The lowest BCUT2D eigenvalue weighted by atomic mass is 9.98. The number of carbonyl (C=O) groups is 2. The van der Waals surface area contributed by atoms with Crippen LogP contribution in [-0.4, -0.2) is 29.8 Å². The van der Waals surface area contributed by atoms with Crippen molar-refractivity contribution in [1.82, 2.24) is 5.32 Å². The number of carbonyl (C=O) groups excluding carboxylic acids is 2. The molecule has 0 aliphatic carbocycles. The first-order valence-corrected chi connectivity index (χ1v) is 12.2. The Morgan fingerprint density at radius 3 is 2.29 bits per heavy atom. The second-order valence-corrected chi connectivity index (χ2v) is 9.91. The molecule has 3 rings (SSSR count). The van der Waals surface area contributed by atoms with Gasteiger partial charge in [0.1, 0.15) is 17.1 Å². The summed E-state index contributed by atoms with van der Waals surface area (Å²) in [5.74, 6) is -0.521. The van der Waals surface area contributed by atoms with Crippen molar-refractivity contribution >= 4 is 17.6 Å². The fourth-order valence-electron chi connectivity index (χ4n) is 4.32. The summed E-state index contributed by atoms with van der Waals surface area (Å²) in [4.78, 5) is 27.6. The van der Waals surface area contributed by atoms with Crippen molar-refractivity contribution in [3.05, 3.63) is 65.6 Å². The summed E-state index contributed by atoms with van der Waals surface area (Å²) in [6, 6.07) is 15.1. The SMILES string of the molecule is CCCCC1(C)NC(N)=C(C(=O)OCC)N1c1ccc(-c2ccccc2C(=O)OC(C)(C)C)cc1. The van der Waals surface area contributed by atoms with Gasteiger partial charge in [-0.2, -0.15) is 0 Å². The Bertz CT molecular complexity index is 1100. The molecule has 0 radical (unpaired) electrons. The predicted molar refractivity (Wildman–Crippen MR) is 138 cm³/mol. The summed E-state index contributed by atoms with van der Waals surface area (Å²) in [5, 5.41) is 3.32. The Hall–Kier alpha value is -3.48. The lowest BCUT2D eigenvalue weighted by molar-refractivity contribution is -0.138. The van der Waals surface area contributed by atoms with Crippen LogP contribution < -0.4 is 16.0 Å². The zero-order chi connectivity index (χ0) is 25.8. The molecule has 0 saturated heterocycles. The third kappa shape index (κ3) is 5.78. The first-order valence-electron chi connectivity index (χ1n) is 12.2. The molecular weight excluding hydrogens is 442 g/mol. The summed E-state index contributed by atoms with van der Waals surface area (Å²) >= 11 is 0. The molecule has 2 aromatic carbocycles. The third-order valence-electron chi connectivity index (χ3n) is 5.84. The molecule has 0 fully saturated rings. The van der Waals surface area contributed by atoms with E-state index in [9.17, 15) is 9.59 Å². The van der Waals surface area contributed by atoms with Crippen LogP contribution in [0.1, 0.15) is 71.2 Å². The van der Waals surface area contributed by atoms with E-state index in [0.717, 1.165) is 36.1 Å². The van der Waals surface area contributed by atoms with E-state index in [4.69, 9.17) is 15.2 Å². The van der Waals surface area contributed by atoms with Gasteiger partial charge in [-0.3, -0.25) is 0 Å². The molecule has 35 heavy (non-hydrogen) atoms. The number of nitrogens with one attached hydrogen (secondary N) is 1. The van der Waals surface area contributed by atoms with E-state index in [1.165, 1.54) is 0 Å². The van der Waals surface area contributed by atoms with E-state index in [0.29, 0.717) is 17.1 Å². The number of rotatable bonds is 8. The number of nitrogens with two attached hydrogens (primary N) is 1. The quantitative estimate of drug-likeness (QED) is 0.495. The minimum Gasteiger partial charge on any atom is -0.461 e. The molecule has 2 aromatic rings. The summed E-state index contributed by atoms with van der Waals surface area (Å²) in [6.07, 6.45) is 2.77. The number of benzene rings is 2. The van der Waals surface area contributed by atoms with Crippen molar-refractivity contribution in [2.75, 3.05) is 11.5 Å². The summed E-state index contributed by atoms with van der Waals surface area (Å²) in [7, 11) is 0. The standard InChI is InChI=1S/C28H37N3O4/c1-7-9-18-28(6)30-24(29)23(26(33)34-8-2)31(28)20-16-14-19(15-17-20)21-12-10-11-13-22(21)25(32)35-27(3,4)5/h10-17,30H,7-9,18,29H2,1-6H3. The van der Waals surface area contributed by atoms with Gasteiger partial charge in [-0.1, -0.05) is 43.7 Å². The van der Waals surface area contributed by atoms with Gasteiger partial charge in [0.25, 0.3) is 0 Å². The highest BCUT2D eigenvalue weighted by Crippen LogP contribution is 2.38. The minimum absolute atomic E-state index is 0.259. The maximum absolute atomic E-state index is 12.8. The van der Waals surface area contributed by atoms with E-state index < -0.39 is 17.2 Å². The van der Waals surface area contributed by atoms with E-state index >= 15 is 0 Å². The highest BCUT2D eigenvalue weighted by atomic mass is 16.6. The average molecular weight is 480 g/mol. The molecule has 1 aliphatic rings. The maximum Gasteiger partial charge on any atom is 0.358 e. The number of anilines is 1. The molecule has 0 bridgehead atoms. The second kappa shape index (κ2) is 10.4. The lowest BCUT2D eigenvalue weighted by Crippen LogP contribution is -2.51. The van der Waals surface area contributed by atoms with Crippen LogP contribution in [0, 0.1) is 0 Å². The molecule has 0 aromatic heterocycles. The van der Waals surface area contributed by atoms with Gasteiger partial charge in [-0.05, 0) is 76.8 Å². The normalized spacial score (nSPS) is 17.8. The number of nitrogens with zero attached hydrogens (tertiary/aromatic N) is 1. The fourth-order valence-corrected chi connectivity index (χ4v) is 4.32. The lowest BCUT2D eigenvalue weighted by Gasteiger charge is -2.38. The molecule has 0 amide bonds. The molecule has 7 heteroatoms. The molecule has 1 heterocycles. The Balaban J connectivity index is 2.00. The average Bonchev–Trinajstić information content (AvgIpc) is 3.07. The van der Waals surface area contributed by atoms with Crippen LogP contribution in [0.4, 0.5) is 5.69 Å². The van der Waals surface area contributed by atoms with Crippen molar-refractivity contribution < 1.29 is 19.1 Å². The van der Waals surface area contributed by atoms with Gasteiger partial charge in [0.05, 0.1) is 12.2 Å². The van der Waals surface area contributed by atoms with Crippen LogP contribution in [0.3, 0.4) is 0 Å². The predicted octanol–water partition coefficient (Wildman–Crippen LogP) is 5.32. The van der Waals surface area contributed by atoms with Gasteiger partial charge < -0.3 is 25.4 Å². The van der Waals surface area contributed by atoms with Gasteiger partial charge >= 0.3 is 11.9 Å². The Morgan fingerprint density at radius 2 is 1.69 bits per heavy atom. The number of esters is 2. The molecule has 0 saturated carbocycles. The van der Waals surface area contributed by atoms with Gasteiger partial charge in [-0.15, -0.1) is 0 Å². The number of hydrogen-bond donors (Lipinski definition) is 2. The smallest absolute Gasteiger partial charge is 0.358 e. The summed E-state index contributed by atoms with van der Waals surface area (Å²) < 4.78 is 10.9. The van der Waals surface area contributed by atoms with Crippen LogP contribution >= 0.6 is 0 Å². The van der Waals surface area contributed by atoms with Gasteiger partial charge in [0, 0.05) is 5.69 Å². The van der Waals surface area contributed by atoms with E-state index in [-0.39, 0.29) is 12.6 Å². The molecule has 1 unspecified atom stereocenters. The van der Waals surface area contributed by atoms with Crippen LogP contribution in [-0.2, 0) is 14.3 Å². The number of hydrogen-bond acceptors (Lipinski definition) is 7. The summed E-state index contributed by atoms with van der Waals surface area (Å²) in [6.45, 7) is 11.7. The monoisotopic (exact) mass is 479 g/mol. The van der Waals surface area contributed by atoms with Crippen molar-refractivity contribution in [3.63, 3.8) is 0 Å². The first kappa shape index (κ1) is 26.1. The highest BCUT2D eigenvalue weighted by Gasteiger charge is 2.44. The molecule has 188 valence electrons. The Labute approximate surface area is 208 Å². The van der Waals surface area contributed by atoms with E-state index in [1.807, 2.05) is 75.1 Å². The highest BCUT2D eigenvalue weighted by molar-refractivity contribution is 5.98. The Morgan fingerprint density at radius 1 is 1.03 bits per heavy atom. The molecule has 7 nitrogen and oxygen atoms in total. The Kier molecular flexibility index (Phi) is 7.78. The van der Waals surface area contributed by atoms with Crippen LogP contribution in [0.2, 0.25) is 0 Å². The maximum atomic E-state index is 12.8. The molecule has 1 aliphatic heterocycles. The molecule has 0 spiro atoms. The van der Waals surface area contributed by atoms with Gasteiger partial charge in [-0.25, -0.2) is 9.59 Å². The van der Waals surface area contributed by atoms with Crippen molar-refractivity contribution in [1.29, 1.82) is 0 Å². The minimum atomic E-state index is -0.588. The van der Waals surface area contributed by atoms with Crippen LogP contribution in [0.5, 0.6) is 0 Å². The molecule has 1 atom stereocenters. The van der Waals surface area contributed by atoms with Crippen molar-refractivity contribution in [3.8, 4) is 11.1 Å². The van der Waals surface area contributed by atoms with Crippen molar-refractivity contribution in [2.45, 2.75) is 72.1 Å². The van der Waals surface area contributed by atoms with Crippen molar-refractivity contribution in [2.24, 2.45) is 5.73 Å². The molecule has 3 N–H and O–H groups in total. The van der Waals surface area contributed by atoms with E-state index in [2.05, 4.69) is 12.2 Å². The second-order valence-electron chi connectivity index (χ2n) is 9.91. The largest absolute Gasteiger partial charge is 0.461 e. The first-order chi connectivity index (χ1) is 16.5. The van der Waals surface area contributed by atoms with Crippen LogP contribution in [0.15, 0.2) is 60.0 Å². The zero-order valence-corrected chi connectivity index (χ0v) is 21.6.